The third-order valence-electron chi connectivity index (χ3n) is 5.75. The molecule has 14 heteroatoms. The highest BCUT2D eigenvalue weighted by Gasteiger charge is 2.36. The predicted octanol–water partition coefficient (Wildman–Crippen LogP) is 4.25. The molecule has 0 saturated carbocycles. The van der Waals surface area contributed by atoms with Crippen LogP contribution in [0.1, 0.15) is 12.8 Å². The number of primary amides is 1. The Kier molecular flexibility index (Phi) is 6.83. The largest absolute Gasteiger partial charge is 0.573 e. The van der Waals surface area contributed by atoms with Crippen molar-refractivity contribution >= 4 is 40.2 Å². The van der Waals surface area contributed by atoms with Crippen molar-refractivity contribution in [3.63, 3.8) is 0 Å². The molecule has 0 aliphatic carbocycles. The van der Waals surface area contributed by atoms with E-state index >= 15 is 0 Å². The van der Waals surface area contributed by atoms with E-state index in [1.807, 2.05) is 0 Å². The average molecular weight is 523 g/mol. The molecule has 196 valence electrons. The summed E-state index contributed by atoms with van der Waals surface area (Å²) < 4.78 is 62.0. The summed E-state index contributed by atoms with van der Waals surface area (Å²) in [5, 5.41) is 5.33. The van der Waals surface area contributed by atoms with Gasteiger partial charge in [0, 0.05) is 18.1 Å². The van der Waals surface area contributed by atoms with Gasteiger partial charge in [-0.15, -0.1) is 13.2 Å². The first-order chi connectivity index (χ1) is 17.5. The van der Waals surface area contributed by atoms with Gasteiger partial charge in [-0.1, -0.05) is 6.07 Å². The summed E-state index contributed by atoms with van der Waals surface area (Å²) in [5.74, 6) is -2.85. The van der Waals surface area contributed by atoms with Crippen LogP contribution in [-0.4, -0.2) is 53.5 Å². The van der Waals surface area contributed by atoms with Crippen LogP contribution in [0.2, 0.25) is 0 Å². The van der Waals surface area contributed by atoms with E-state index in [4.69, 9.17) is 10.5 Å². The minimum atomic E-state index is -5.12. The molecule has 37 heavy (non-hydrogen) atoms. The zero-order valence-electron chi connectivity index (χ0n) is 19.3. The third kappa shape index (κ3) is 5.37. The number of rotatable bonds is 5. The second-order valence-electron chi connectivity index (χ2n) is 8.07. The SMILES string of the molecule is COc1ccc2c(c1)c(NC(=O)N1CCC[C@H]1C(=O)Nc1cccc(OC(F)(F)F)c1F)cn2C(N)=O. The van der Waals surface area contributed by atoms with Crippen LogP contribution in [0.25, 0.3) is 10.9 Å². The maximum absolute atomic E-state index is 14.5. The molecule has 1 aromatic heterocycles. The van der Waals surface area contributed by atoms with Gasteiger partial charge >= 0.3 is 18.4 Å². The summed E-state index contributed by atoms with van der Waals surface area (Å²) >= 11 is 0. The number of amides is 4. The van der Waals surface area contributed by atoms with Gasteiger partial charge in [0.15, 0.2) is 11.6 Å². The number of likely N-dealkylation sites (tertiary alicyclic amines) is 1. The molecule has 0 radical (unpaired) electrons. The number of nitrogens with one attached hydrogen (secondary N) is 2. The molecule has 4 N–H and O–H groups in total. The number of hydrogen-bond donors (Lipinski definition) is 3. The first kappa shape index (κ1) is 25.6. The number of ether oxygens (including phenoxy) is 2. The van der Waals surface area contributed by atoms with Crippen LogP contribution in [0.15, 0.2) is 42.6 Å². The lowest BCUT2D eigenvalue weighted by Gasteiger charge is -2.24. The molecular weight excluding hydrogens is 502 g/mol. The minimum absolute atomic E-state index is 0.182. The number of benzene rings is 2. The van der Waals surface area contributed by atoms with Crippen molar-refractivity contribution in [3.8, 4) is 11.5 Å². The topological polar surface area (TPSA) is 128 Å². The number of nitrogens with zero attached hydrogens (tertiary/aromatic N) is 2. The number of hydrogen-bond acceptors (Lipinski definition) is 5. The van der Waals surface area contributed by atoms with Crippen LogP contribution in [0.3, 0.4) is 0 Å². The Morgan fingerprint density at radius 2 is 1.86 bits per heavy atom. The number of aromatic nitrogens is 1. The zero-order chi connectivity index (χ0) is 26.9. The van der Waals surface area contributed by atoms with Gasteiger partial charge < -0.3 is 30.7 Å². The molecule has 1 aliphatic heterocycles. The Bertz CT molecular complexity index is 1370. The molecular formula is C23H21F4N5O5. The molecule has 10 nitrogen and oxygen atoms in total. The van der Waals surface area contributed by atoms with E-state index in [9.17, 15) is 31.9 Å². The van der Waals surface area contributed by atoms with Gasteiger partial charge in [-0.2, -0.15) is 0 Å². The number of nitrogens with two attached hydrogens (primary N) is 1. The normalized spacial score (nSPS) is 15.5. The van der Waals surface area contributed by atoms with Crippen molar-refractivity contribution in [1.82, 2.24) is 9.47 Å². The fourth-order valence-electron chi connectivity index (χ4n) is 4.11. The molecule has 3 aromatic rings. The second kappa shape index (κ2) is 9.87. The van der Waals surface area contributed by atoms with Crippen molar-refractivity contribution in [3.05, 3.63) is 48.4 Å². The quantitative estimate of drug-likeness (QED) is 0.431. The lowest BCUT2D eigenvalue weighted by molar-refractivity contribution is -0.275. The van der Waals surface area contributed by atoms with Crippen molar-refractivity contribution < 1.29 is 41.4 Å². The third-order valence-corrected chi connectivity index (χ3v) is 5.75. The first-order valence-electron chi connectivity index (χ1n) is 10.9. The van der Waals surface area contributed by atoms with Gasteiger partial charge in [0.05, 0.1) is 24.0 Å². The fourth-order valence-corrected chi connectivity index (χ4v) is 4.11. The molecule has 0 bridgehead atoms. The number of anilines is 2. The van der Waals surface area contributed by atoms with E-state index in [-0.39, 0.29) is 18.7 Å². The Hall–Kier alpha value is -4.49. The predicted molar refractivity (Wildman–Crippen MR) is 124 cm³/mol. The fraction of sp³-hybridized carbons (Fsp3) is 0.261. The van der Waals surface area contributed by atoms with Crippen LogP contribution in [0.4, 0.5) is 38.5 Å². The average Bonchev–Trinajstić information content (AvgIpc) is 3.46. The van der Waals surface area contributed by atoms with Gasteiger partial charge in [-0.05, 0) is 43.2 Å². The molecule has 1 saturated heterocycles. The Morgan fingerprint density at radius 1 is 1.11 bits per heavy atom. The Labute approximate surface area is 206 Å². The van der Waals surface area contributed by atoms with Crippen LogP contribution in [0.5, 0.6) is 11.5 Å². The van der Waals surface area contributed by atoms with Crippen molar-refractivity contribution in [1.29, 1.82) is 0 Å². The van der Waals surface area contributed by atoms with Gasteiger partial charge in [0.1, 0.15) is 11.8 Å². The van der Waals surface area contributed by atoms with Crippen LogP contribution < -0.4 is 25.8 Å². The lowest BCUT2D eigenvalue weighted by Crippen LogP contribution is -2.45. The van der Waals surface area contributed by atoms with Gasteiger partial charge in [-0.3, -0.25) is 9.36 Å². The molecule has 4 rings (SSSR count). The van der Waals surface area contributed by atoms with Crippen LogP contribution in [0, 0.1) is 5.82 Å². The molecule has 1 aliphatic rings. The van der Waals surface area contributed by atoms with Crippen LogP contribution in [-0.2, 0) is 4.79 Å². The van der Waals surface area contributed by atoms with E-state index in [2.05, 4.69) is 15.4 Å². The van der Waals surface area contributed by atoms with E-state index < -0.39 is 47.6 Å². The van der Waals surface area contributed by atoms with Crippen molar-refractivity contribution in [2.75, 3.05) is 24.3 Å². The molecule has 4 amide bonds. The van der Waals surface area contributed by atoms with Gasteiger partial charge in [0.2, 0.25) is 5.91 Å². The summed E-state index contributed by atoms with van der Waals surface area (Å²) in [5.41, 5.74) is 5.53. The number of carbonyl (C=O) groups excluding carboxylic acids is 3. The molecule has 0 unspecified atom stereocenters. The highest BCUT2D eigenvalue weighted by atomic mass is 19.4. The smallest absolute Gasteiger partial charge is 0.497 e. The maximum Gasteiger partial charge on any atom is 0.573 e. The van der Waals surface area contributed by atoms with E-state index in [1.54, 1.807) is 18.2 Å². The Balaban J connectivity index is 1.53. The Morgan fingerprint density at radius 3 is 2.54 bits per heavy atom. The minimum Gasteiger partial charge on any atom is -0.497 e. The van der Waals surface area contributed by atoms with Gasteiger partial charge in [0.25, 0.3) is 0 Å². The molecule has 1 atom stereocenters. The maximum atomic E-state index is 14.5. The summed E-state index contributed by atoms with van der Waals surface area (Å²) in [6.07, 6.45) is -3.11. The number of methoxy groups -OCH3 is 1. The second-order valence-corrected chi connectivity index (χ2v) is 8.07. The highest BCUT2D eigenvalue weighted by Crippen LogP contribution is 2.32. The molecule has 2 heterocycles. The monoisotopic (exact) mass is 523 g/mol. The number of halogens is 4. The summed E-state index contributed by atoms with van der Waals surface area (Å²) in [4.78, 5) is 39.0. The summed E-state index contributed by atoms with van der Waals surface area (Å²) in [6.45, 7) is 0.182. The zero-order valence-corrected chi connectivity index (χ0v) is 19.3. The standard InChI is InChI=1S/C23H21F4N5O5/c1-36-12-7-8-16-13(10-12)15(11-32(16)21(28)34)30-22(35)31-9-3-5-17(31)20(33)29-14-4-2-6-18(19(14)24)37-23(25,26)27/h2,4,6-8,10-11,17H,3,5,9H2,1H3,(H2,28,34)(H,29,33)(H,30,35)/t17-/m0/s1. The van der Waals surface area contributed by atoms with E-state index in [0.29, 0.717) is 23.1 Å². The van der Waals surface area contributed by atoms with Crippen molar-refractivity contribution in [2.45, 2.75) is 25.2 Å². The van der Waals surface area contributed by atoms with Crippen LogP contribution >= 0.6 is 0 Å². The number of alkyl halides is 3. The highest BCUT2D eigenvalue weighted by molar-refractivity contribution is 6.06. The van der Waals surface area contributed by atoms with E-state index in [0.717, 1.165) is 22.8 Å². The number of carbonyl (C=O) groups is 3. The van der Waals surface area contributed by atoms with E-state index in [1.165, 1.54) is 18.2 Å². The summed E-state index contributed by atoms with van der Waals surface area (Å²) in [7, 11) is 1.45. The first-order valence-corrected chi connectivity index (χ1v) is 10.9. The van der Waals surface area contributed by atoms with Crippen molar-refractivity contribution in [2.24, 2.45) is 5.73 Å². The lowest BCUT2D eigenvalue weighted by atomic mass is 10.2. The molecule has 0 spiro atoms. The number of urea groups is 1. The molecule has 2 aromatic carbocycles. The summed E-state index contributed by atoms with van der Waals surface area (Å²) in [6, 6.07) is 5.22. The van der Waals surface area contributed by atoms with Gasteiger partial charge in [-0.25, -0.2) is 14.0 Å². The number of fused-ring (bicyclic) bond motifs is 1. The molecule has 1 fully saturated rings.